The lowest BCUT2D eigenvalue weighted by Crippen LogP contribution is -2.34. The van der Waals surface area contributed by atoms with Gasteiger partial charge in [0, 0.05) is 0 Å². The van der Waals surface area contributed by atoms with Crippen molar-refractivity contribution in [1.82, 2.24) is 5.32 Å². The minimum atomic E-state index is -4.55. The normalized spacial score (nSPS) is 12.5. The minimum absolute atomic E-state index is 0.269. The number of alkyl halides is 3. The third-order valence-electron chi connectivity index (χ3n) is 2.51. The van der Waals surface area contributed by atoms with Gasteiger partial charge in [-0.05, 0) is 26.0 Å². The van der Waals surface area contributed by atoms with Crippen LogP contribution >= 0.6 is 0 Å². The summed E-state index contributed by atoms with van der Waals surface area (Å²) in [6.07, 6.45) is -4.55. The number of sulfone groups is 1. The summed E-state index contributed by atoms with van der Waals surface area (Å²) in [5.41, 5.74) is -0.287. The van der Waals surface area contributed by atoms with Crippen LogP contribution in [0, 0.1) is 0 Å². The summed E-state index contributed by atoms with van der Waals surface area (Å²) in [7, 11) is -3.75. The Morgan fingerprint density at radius 3 is 2.30 bits per heavy atom. The van der Waals surface area contributed by atoms with E-state index in [-0.39, 0.29) is 10.5 Å². The molecule has 1 rings (SSSR count). The molecule has 20 heavy (non-hydrogen) atoms. The molecule has 1 aromatic rings. The van der Waals surface area contributed by atoms with Crippen LogP contribution in [0.4, 0.5) is 13.2 Å². The Labute approximate surface area is 114 Å². The first-order valence-corrected chi connectivity index (χ1v) is 7.28. The molecule has 1 amide bonds. The molecule has 0 aliphatic rings. The van der Waals surface area contributed by atoms with Gasteiger partial charge in [-0.1, -0.05) is 12.1 Å². The summed E-state index contributed by atoms with van der Waals surface area (Å²) in [5.74, 6) is -1.07. The van der Waals surface area contributed by atoms with Gasteiger partial charge in [-0.15, -0.1) is 0 Å². The van der Waals surface area contributed by atoms with Crippen LogP contribution < -0.4 is 5.32 Å². The smallest absolute Gasteiger partial charge is 0.343 e. The van der Waals surface area contributed by atoms with E-state index in [2.05, 4.69) is 0 Å². The number of benzene rings is 1. The topological polar surface area (TPSA) is 63.2 Å². The van der Waals surface area contributed by atoms with Crippen molar-refractivity contribution in [2.24, 2.45) is 0 Å². The molecule has 0 aliphatic carbocycles. The highest BCUT2D eigenvalue weighted by molar-refractivity contribution is 7.92. The number of halogens is 3. The van der Waals surface area contributed by atoms with Crippen molar-refractivity contribution in [3.05, 3.63) is 29.8 Å². The lowest BCUT2D eigenvalue weighted by Gasteiger charge is -2.13. The SMILES string of the molecule is CC(C)S(=O)(=O)c1ccccc1C(=O)NCC(F)(F)F. The van der Waals surface area contributed by atoms with Gasteiger partial charge in [0.2, 0.25) is 0 Å². The Hall–Kier alpha value is -1.57. The molecule has 1 N–H and O–H groups in total. The molecule has 0 saturated carbocycles. The molecule has 0 aliphatic heterocycles. The van der Waals surface area contributed by atoms with Gasteiger partial charge in [-0.2, -0.15) is 13.2 Å². The van der Waals surface area contributed by atoms with E-state index in [1.165, 1.54) is 38.1 Å². The summed E-state index contributed by atoms with van der Waals surface area (Å²) in [6.45, 7) is 1.35. The van der Waals surface area contributed by atoms with Crippen LogP contribution in [0.15, 0.2) is 29.2 Å². The van der Waals surface area contributed by atoms with Gasteiger partial charge in [-0.3, -0.25) is 4.79 Å². The fraction of sp³-hybridized carbons (Fsp3) is 0.417. The number of carbonyl (C=O) groups is 1. The van der Waals surface area contributed by atoms with Gasteiger partial charge in [0.05, 0.1) is 15.7 Å². The van der Waals surface area contributed by atoms with Gasteiger partial charge >= 0.3 is 6.18 Å². The molecule has 0 bridgehead atoms. The zero-order valence-electron chi connectivity index (χ0n) is 10.9. The highest BCUT2D eigenvalue weighted by Crippen LogP contribution is 2.21. The minimum Gasteiger partial charge on any atom is -0.343 e. The van der Waals surface area contributed by atoms with E-state index < -0.39 is 33.7 Å². The molecule has 1 aromatic carbocycles. The first-order chi connectivity index (χ1) is 9.05. The van der Waals surface area contributed by atoms with E-state index in [0.717, 1.165) is 0 Å². The summed E-state index contributed by atoms with van der Waals surface area (Å²) in [6, 6.07) is 5.19. The van der Waals surface area contributed by atoms with Crippen molar-refractivity contribution >= 4 is 15.7 Å². The molecule has 0 saturated heterocycles. The predicted octanol–water partition coefficient (Wildman–Crippen LogP) is 2.16. The summed E-state index contributed by atoms with van der Waals surface area (Å²) in [4.78, 5) is 11.4. The van der Waals surface area contributed by atoms with Crippen LogP contribution in [0.5, 0.6) is 0 Å². The predicted molar refractivity (Wildman–Crippen MR) is 67.2 cm³/mol. The average molecular weight is 309 g/mol. The van der Waals surface area contributed by atoms with Crippen molar-refractivity contribution in [1.29, 1.82) is 0 Å². The molecular weight excluding hydrogens is 295 g/mol. The summed E-state index contributed by atoms with van der Waals surface area (Å²) >= 11 is 0. The zero-order valence-corrected chi connectivity index (χ0v) is 11.7. The maximum atomic E-state index is 12.1. The molecule has 0 fully saturated rings. The number of hydrogen-bond acceptors (Lipinski definition) is 3. The Morgan fingerprint density at radius 2 is 1.80 bits per heavy atom. The second-order valence-corrected chi connectivity index (χ2v) is 6.86. The number of amides is 1. The van der Waals surface area contributed by atoms with E-state index in [4.69, 9.17) is 0 Å². The fourth-order valence-electron chi connectivity index (χ4n) is 1.43. The summed E-state index contributed by atoms with van der Waals surface area (Å²) < 4.78 is 60.3. The first kappa shape index (κ1) is 16.5. The third-order valence-corrected chi connectivity index (χ3v) is 4.72. The molecule has 0 radical (unpaired) electrons. The summed E-state index contributed by atoms with van der Waals surface area (Å²) in [5, 5.41) is 0.883. The highest BCUT2D eigenvalue weighted by atomic mass is 32.2. The maximum absolute atomic E-state index is 12.1. The maximum Gasteiger partial charge on any atom is 0.405 e. The number of rotatable bonds is 4. The van der Waals surface area contributed by atoms with E-state index >= 15 is 0 Å². The highest BCUT2D eigenvalue weighted by Gasteiger charge is 2.30. The second kappa shape index (κ2) is 5.82. The van der Waals surface area contributed by atoms with Gasteiger partial charge in [0.25, 0.3) is 5.91 Å². The molecular formula is C12H14F3NO3S. The van der Waals surface area contributed by atoms with Gasteiger partial charge in [0.1, 0.15) is 6.54 Å². The molecule has 0 atom stereocenters. The molecule has 0 heterocycles. The molecule has 0 spiro atoms. The monoisotopic (exact) mass is 309 g/mol. The van der Waals surface area contributed by atoms with Crippen molar-refractivity contribution in [2.75, 3.05) is 6.54 Å². The van der Waals surface area contributed by atoms with E-state index in [1.54, 1.807) is 5.32 Å². The standard InChI is InChI=1S/C12H14F3NO3S/c1-8(2)20(18,19)10-6-4-3-5-9(10)11(17)16-7-12(13,14)15/h3-6,8H,7H2,1-2H3,(H,16,17). The second-order valence-electron chi connectivity index (χ2n) is 4.39. The van der Waals surface area contributed by atoms with E-state index in [9.17, 15) is 26.4 Å². The average Bonchev–Trinajstić information content (AvgIpc) is 2.34. The molecule has 8 heteroatoms. The molecule has 112 valence electrons. The Morgan fingerprint density at radius 1 is 1.25 bits per heavy atom. The van der Waals surface area contributed by atoms with Crippen molar-refractivity contribution in [3.63, 3.8) is 0 Å². The first-order valence-electron chi connectivity index (χ1n) is 5.73. The van der Waals surface area contributed by atoms with Gasteiger partial charge < -0.3 is 5.32 Å². The van der Waals surface area contributed by atoms with E-state index in [0.29, 0.717) is 0 Å². The molecule has 0 unspecified atom stereocenters. The van der Waals surface area contributed by atoms with Gasteiger partial charge in [0.15, 0.2) is 9.84 Å². The van der Waals surface area contributed by atoms with Crippen LogP contribution in [-0.2, 0) is 9.84 Å². The van der Waals surface area contributed by atoms with Crippen LogP contribution in [0.2, 0.25) is 0 Å². The molecule has 4 nitrogen and oxygen atoms in total. The lowest BCUT2D eigenvalue weighted by molar-refractivity contribution is -0.123. The van der Waals surface area contributed by atoms with Gasteiger partial charge in [-0.25, -0.2) is 8.42 Å². The quantitative estimate of drug-likeness (QED) is 0.927. The Bertz CT molecular complexity index is 594. The Kier molecular flexibility index (Phi) is 4.80. The lowest BCUT2D eigenvalue weighted by atomic mass is 10.2. The zero-order chi connectivity index (χ0) is 15.6. The van der Waals surface area contributed by atoms with E-state index in [1.807, 2.05) is 0 Å². The van der Waals surface area contributed by atoms with Crippen LogP contribution in [0.3, 0.4) is 0 Å². The number of nitrogens with one attached hydrogen (secondary N) is 1. The van der Waals surface area contributed by atoms with Crippen molar-refractivity contribution in [3.8, 4) is 0 Å². The number of carbonyl (C=O) groups excluding carboxylic acids is 1. The van der Waals surface area contributed by atoms with Crippen LogP contribution in [0.1, 0.15) is 24.2 Å². The molecule has 0 aromatic heterocycles. The fourth-order valence-corrected chi connectivity index (χ4v) is 2.68. The number of hydrogen-bond donors (Lipinski definition) is 1. The third kappa shape index (κ3) is 3.96. The van der Waals surface area contributed by atoms with Crippen LogP contribution in [0.25, 0.3) is 0 Å². The van der Waals surface area contributed by atoms with Crippen molar-refractivity contribution < 1.29 is 26.4 Å². The Balaban J connectivity index is 3.12. The van der Waals surface area contributed by atoms with Crippen molar-refractivity contribution in [2.45, 2.75) is 30.2 Å². The largest absolute Gasteiger partial charge is 0.405 e. The van der Waals surface area contributed by atoms with Crippen LogP contribution in [-0.4, -0.2) is 32.3 Å².